The molecule has 0 radical (unpaired) electrons. The van der Waals surface area contributed by atoms with Gasteiger partial charge in [0.25, 0.3) is 0 Å². The van der Waals surface area contributed by atoms with Gasteiger partial charge in [0.1, 0.15) is 11.7 Å². The van der Waals surface area contributed by atoms with Crippen molar-refractivity contribution >= 4 is 11.8 Å². The third kappa shape index (κ3) is 6.56. The predicted molar refractivity (Wildman–Crippen MR) is 61.0 cm³/mol. The average molecular weight is 230 g/mol. The van der Waals surface area contributed by atoms with Crippen molar-refractivity contribution in [2.24, 2.45) is 5.92 Å². The van der Waals surface area contributed by atoms with E-state index in [4.69, 9.17) is 5.11 Å². The second kappa shape index (κ2) is 9.33. The van der Waals surface area contributed by atoms with Crippen molar-refractivity contribution in [2.75, 3.05) is 13.7 Å². The van der Waals surface area contributed by atoms with Gasteiger partial charge in [0.05, 0.1) is 7.11 Å². The molecule has 0 aromatic carbocycles. The minimum Gasteiger partial charge on any atom is -0.468 e. The highest BCUT2D eigenvalue weighted by molar-refractivity contribution is 5.98. The van der Waals surface area contributed by atoms with Crippen LogP contribution in [0.1, 0.15) is 45.4 Å². The Morgan fingerprint density at radius 2 is 1.69 bits per heavy atom. The lowest BCUT2D eigenvalue weighted by Crippen LogP contribution is -2.22. The largest absolute Gasteiger partial charge is 0.468 e. The number of Topliss-reactive ketones (excluding diaryl/α,β-unsaturated/α-hetero) is 1. The zero-order valence-corrected chi connectivity index (χ0v) is 10.2. The number of esters is 1. The molecule has 0 saturated carbocycles. The summed E-state index contributed by atoms with van der Waals surface area (Å²) in [5, 5.41) is 8.57. The Morgan fingerprint density at radius 3 is 2.25 bits per heavy atom. The lowest BCUT2D eigenvalue weighted by molar-refractivity contribution is -0.148. The third-order valence-electron chi connectivity index (χ3n) is 2.62. The Balaban J connectivity index is 3.54. The van der Waals surface area contributed by atoms with E-state index in [0.717, 1.165) is 32.1 Å². The van der Waals surface area contributed by atoms with Crippen molar-refractivity contribution in [3.63, 3.8) is 0 Å². The van der Waals surface area contributed by atoms with Gasteiger partial charge in [-0.25, -0.2) is 0 Å². The molecule has 0 spiro atoms. The molecule has 0 aliphatic heterocycles. The highest BCUT2D eigenvalue weighted by atomic mass is 16.5. The van der Waals surface area contributed by atoms with Crippen LogP contribution in [0.3, 0.4) is 0 Å². The summed E-state index contributed by atoms with van der Waals surface area (Å²) in [6, 6.07) is 0. The Labute approximate surface area is 97.0 Å². The average Bonchev–Trinajstić information content (AvgIpc) is 2.31. The van der Waals surface area contributed by atoms with Gasteiger partial charge >= 0.3 is 5.97 Å². The van der Waals surface area contributed by atoms with E-state index in [1.165, 1.54) is 7.11 Å². The summed E-state index contributed by atoms with van der Waals surface area (Å²) < 4.78 is 4.50. The molecule has 1 unspecified atom stereocenters. The summed E-state index contributed by atoms with van der Waals surface area (Å²) in [5.41, 5.74) is 0. The van der Waals surface area contributed by atoms with Gasteiger partial charge in [0.15, 0.2) is 0 Å². The van der Waals surface area contributed by atoms with Crippen LogP contribution in [0.5, 0.6) is 0 Å². The van der Waals surface area contributed by atoms with Crippen LogP contribution in [0, 0.1) is 5.92 Å². The molecule has 0 fully saturated rings. The maximum Gasteiger partial charge on any atom is 0.315 e. The zero-order valence-electron chi connectivity index (χ0n) is 10.2. The Kier molecular flexibility index (Phi) is 8.81. The van der Waals surface area contributed by atoms with Gasteiger partial charge in [-0.3, -0.25) is 9.59 Å². The van der Waals surface area contributed by atoms with Crippen molar-refractivity contribution in [3.8, 4) is 0 Å². The van der Waals surface area contributed by atoms with Gasteiger partial charge in [-0.1, -0.05) is 19.3 Å². The summed E-state index contributed by atoms with van der Waals surface area (Å²) in [7, 11) is 1.29. The van der Waals surface area contributed by atoms with Crippen LogP contribution in [-0.4, -0.2) is 30.6 Å². The number of carbonyl (C=O) groups is 2. The number of unbranched alkanes of at least 4 members (excludes halogenated alkanes) is 4. The number of hydrogen-bond donors (Lipinski definition) is 1. The fourth-order valence-corrected chi connectivity index (χ4v) is 1.47. The summed E-state index contributed by atoms with van der Waals surface area (Å²) >= 11 is 0. The number of aliphatic hydroxyl groups excluding tert-OH is 1. The van der Waals surface area contributed by atoms with Crippen molar-refractivity contribution in [1.82, 2.24) is 0 Å². The minimum atomic E-state index is -0.637. The number of rotatable bonds is 9. The second-order valence-electron chi connectivity index (χ2n) is 3.95. The van der Waals surface area contributed by atoms with Crippen LogP contribution in [0.2, 0.25) is 0 Å². The fourth-order valence-electron chi connectivity index (χ4n) is 1.47. The number of hydrogen-bond acceptors (Lipinski definition) is 4. The maximum absolute atomic E-state index is 11.5. The molecule has 0 heterocycles. The van der Waals surface area contributed by atoms with Crippen LogP contribution in [0.25, 0.3) is 0 Å². The molecule has 1 atom stereocenters. The molecule has 0 saturated heterocycles. The maximum atomic E-state index is 11.5. The lowest BCUT2D eigenvalue weighted by atomic mass is 10.0. The summed E-state index contributed by atoms with van der Waals surface area (Å²) in [5.74, 6) is -1.14. The Bertz CT molecular complexity index is 213. The summed E-state index contributed by atoms with van der Waals surface area (Å²) in [6.07, 6.45) is 5.07. The molecule has 1 N–H and O–H groups in total. The molecule has 0 aliphatic carbocycles. The van der Waals surface area contributed by atoms with Gasteiger partial charge in [-0.15, -0.1) is 0 Å². The third-order valence-corrected chi connectivity index (χ3v) is 2.62. The van der Waals surface area contributed by atoms with E-state index in [1.807, 2.05) is 0 Å². The van der Waals surface area contributed by atoms with Crippen LogP contribution < -0.4 is 0 Å². The molecule has 4 heteroatoms. The van der Waals surface area contributed by atoms with E-state index in [-0.39, 0.29) is 12.4 Å². The van der Waals surface area contributed by atoms with E-state index in [9.17, 15) is 9.59 Å². The van der Waals surface area contributed by atoms with Gasteiger partial charge < -0.3 is 9.84 Å². The molecule has 0 aromatic heterocycles. The number of carbonyl (C=O) groups excluding carboxylic acids is 2. The van der Waals surface area contributed by atoms with Crippen molar-refractivity contribution in [2.45, 2.75) is 45.4 Å². The molecule has 94 valence electrons. The normalized spacial score (nSPS) is 12.2. The topological polar surface area (TPSA) is 63.6 Å². The number of methoxy groups -OCH3 is 1. The highest BCUT2D eigenvalue weighted by Crippen LogP contribution is 2.10. The standard InChI is InChI=1S/C12H22O4/c1-10(12(15)16-2)11(14)8-6-4-3-5-7-9-13/h10,13H,3-9H2,1-2H3. The first-order valence-corrected chi connectivity index (χ1v) is 5.85. The molecule has 0 amide bonds. The summed E-state index contributed by atoms with van der Waals surface area (Å²) in [6.45, 7) is 1.82. The quantitative estimate of drug-likeness (QED) is 0.372. The second-order valence-corrected chi connectivity index (χ2v) is 3.95. The van der Waals surface area contributed by atoms with E-state index in [0.29, 0.717) is 6.42 Å². The van der Waals surface area contributed by atoms with Crippen molar-refractivity contribution in [1.29, 1.82) is 0 Å². The van der Waals surface area contributed by atoms with Crippen molar-refractivity contribution in [3.05, 3.63) is 0 Å². The molecule has 0 rings (SSSR count). The fraction of sp³-hybridized carbons (Fsp3) is 0.833. The molecule has 0 aliphatic rings. The Morgan fingerprint density at radius 1 is 1.12 bits per heavy atom. The first kappa shape index (κ1) is 15.1. The van der Waals surface area contributed by atoms with Crippen LogP contribution in [0.4, 0.5) is 0 Å². The SMILES string of the molecule is COC(=O)C(C)C(=O)CCCCCCCO. The Hall–Kier alpha value is -0.900. The van der Waals surface area contributed by atoms with Crippen LogP contribution >= 0.6 is 0 Å². The molecular weight excluding hydrogens is 208 g/mol. The molecule has 4 nitrogen and oxygen atoms in total. The predicted octanol–water partition coefficient (Wildman–Crippen LogP) is 1.70. The molecule has 0 bridgehead atoms. The summed E-state index contributed by atoms with van der Waals surface area (Å²) in [4.78, 5) is 22.5. The minimum absolute atomic E-state index is 0.0472. The van der Waals surface area contributed by atoms with E-state index in [1.54, 1.807) is 6.92 Å². The number of aliphatic hydroxyl groups is 1. The van der Waals surface area contributed by atoms with E-state index in [2.05, 4.69) is 4.74 Å². The molecule has 16 heavy (non-hydrogen) atoms. The lowest BCUT2D eigenvalue weighted by Gasteiger charge is -2.07. The molecular formula is C12H22O4. The first-order chi connectivity index (χ1) is 7.63. The van der Waals surface area contributed by atoms with Crippen LogP contribution in [0.15, 0.2) is 0 Å². The molecule has 0 aromatic rings. The van der Waals surface area contributed by atoms with Crippen molar-refractivity contribution < 1.29 is 19.4 Å². The van der Waals surface area contributed by atoms with E-state index < -0.39 is 11.9 Å². The van der Waals surface area contributed by atoms with Crippen LogP contribution in [-0.2, 0) is 14.3 Å². The monoisotopic (exact) mass is 230 g/mol. The van der Waals surface area contributed by atoms with Gasteiger partial charge in [-0.05, 0) is 19.8 Å². The van der Waals surface area contributed by atoms with Gasteiger partial charge in [-0.2, -0.15) is 0 Å². The first-order valence-electron chi connectivity index (χ1n) is 5.85. The smallest absolute Gasteiger partial charge is 0.315 e. The van der Waals surface area contributed by atoms with E-state index >= 15 is 0 Å². The number of ketones is 1. The van der Waals surface area contributed by atoms with Gasteiger partial charge in [0.2, 0.25) is 0 Å². The highest BCUT2D eigenvalue weighted by Gasteiger charge is 2.20. The number of ether oxygens (including phenoxy) is 1. The zero-order chi connectivity index (χ0) is 12.4. The van der Waals surface area contributed by atoms with Gasteiger partial charge in [0, 0.05) is 13.0 Å².